The Morgan fingerprint density at radius 2 is 1.81 bits per heavy atom. The molecular weight excluding hydrogens is 472 g/mol. The molecule has 2 heterocycles. The minimum atomic E-state index is -0.632. The van der Waals surface area contributed by atoms with E-state index >= 15 is 0 Å². The molecule has 188 valence electrons. The number of amides is 1. The van der Waals surface area contributed by atoms with E-state index in [1.807, 2.05) is 61.5 Å². The maximum Gasteiger partial charge on any atom is 0.411 e. The van der Waals surface area contributed by atoms with Crippen LogP contribution >= 0.6 is 0 Å². The Labute approximate surface area is 213 Å². The Bertz CT molecular complexity index is 1440. The van der Waals surface area contributed by atoms with Crippen molar-refractivity contribution in [2.24, 2.45) is 0 Å². The topological polar surface area (TPSA) is 130 Å². The highest BCUT2D eigenvalue weighted by molar-refractivity contribution is 5.92. The van der Waals surface area contributed by atoms with E-state index in [4.69, 9.17) is 9.47 Å². The maximum absolute atomic E-state index is 12.3. The molecule has 0 radical (unpaired) electrons. The van der Waals surface area contributed by atoms with Gasteiger partial charge >= 0.3 is 6.09 Å². The smallest absolute Gasteiger partial charge is 0.411 e. The fourth-order valence-corrected chi connectivity index (χ4v) is 3.63. The lowest BCUT2D eigenvalue weighted by Gasteiger charge is -2.12. The summed E-state index contributed by atoms with van der Waals surface area (Å²) >= 11 is 0. The second-order valence-electron chi connectivity index (χ2n) is 8.21. The molecule has 4 rings (SSSR count). The highest BCUT2D eigenvalue weighted by Crippen LogP contribution is 2.33. The van der Waals surface area contributed by atoms with E-state index < -0.39 is 6.09 Å². The van der Waals surface area contributed by atoms with Crippen molar-refractivity contribution in [3.63, 3.8) is 0 Å². The Morgan fingerprint density at radius 3 is 2.51 bits per heavy atom. The van der Waals surface area contributed by atoms with Crippen molar-refractivity contribution in [3.05, 3.63) is 78.1 Å². The van der Waals surface area contributed by atoms with E-state index in [-0.39, 0.29) is 18.9 Å². The number of aryl methyl sites for hydroxylation is 1. The lowest BCUT2D eigenvalue weighted by Crippen LogP contribution is -2.27. The van der Waals surface area contributed by atoms with E-state index in [1.165, 1.54) is 13.1 Å². The number of para-hydroxylation sites is 1. The Hall–Kier alpha value is -4.88. The first-order chi connectivity index (χ1) is 17.9. The van der Waals surface area contributed by atoms with Crippen molar-refractivity contribution in [1.29, 1.82) is 5.26 Å². The molecule has 0 aliphatic heterocycles. The molecule has 0 aliphatic carbocycles. The first-order valence-electron chi connectivity index (χ1n) is 11.6. The van der Waals surface area contributed by atoms with Crippen LogP contribution in [0, 0.1) is 18.3 Å². The Kier molecular flexibility index (Phi) is 7.98. The number of hydrogen-bond donors (Lipinski definition) is 3. The summed E-state index contributed by atoms with van der Waals surface area (Å²) in [6, 6.07) is 19.0. The molecule has 0 unspecified atom stereocenters. The van der Waals surface area contributed by atoms with Crippen molar-refractivity contribution in [2.75, 3.05) is 30.3 Å². The van der Waals surface area contributed by atoms with Gasteiger partial charge in [-0.1, -0.05) is 18.2 Å². The van der Waals surface area contributed by atoms with Crippen molar-refractivity contribution >= 4 is 34.5 Å². The third kappa shape index (κ3) is 6.42. The summed E-state index contributed by atoms with van der Waals surface area (Å²) in [4.78, 5) is 23.2. The SMILES string of the molecule is CC(=O)CNCCOC(=O)Nc1cn2ncc(C#N)c(Nc3ccc(Oc4ccccc4)cc3)c2c1C. The number of carbonyl (C=O) groups is 2. The van der Waals surface area contributed by atoms with Crippen LogP contribution in [0.1, 0.15) is 18.1 Å². The molecule has 0 saturated heterocycles. The first-order valence-corrected chi connectivity index (χ1v) is 11.6. The van der Waals surface area contributed by atoms with Gasteiger partial charge in [-0.15, -0.1) is 0 Å². The van der Waals surface area contributed by atoms with E-state index in [0.29, 0.717) is 40.3 Å². The molecule has 0 aliphatic rings. The Morgan fingerprint density at radius 1 is 1.08 bits per heavy atom. The minimum Gasteiger partial charge on any atom is -0.457 e. The molecular formula is C27H26N6O4. The molecule has 10 nitrogen and oxygen atoms in total. The number of nitriles is 1. The number of anilines is 3. The number of Topliss-reactive ketones (excluding diaryl/α,β-unsaturated/α-hetero) is 1. The molecule has 0 spiro atoms. The number of fused-ring (bicyclic) bond motifs is 1. The fourth-order valence-electron chi connectivity index (χ4n) is 3.63. The number of carbonyl (C=O) groups excluding carboxylic acids is 2. The van der Waals surface area contributed by atoms with Gasteiger partial charge in [0.25, 0.3) is 0 Å². The number of benzene rings is 2. The highest BCUT2D eigenvalue weighted by atomic mass is 16.5. The van der Waals surface area contributed by atoms with Crippen LogP contribution in [0.3, 0.4) is 0 Å². The van der Waals surface area contributed by atoms with Gasteiger partial charge in [0.2, 0.25) is 0 Å². The third-order valence-electron chi connectivity index (χ3n) is 5.40. The summed E-state index contributed by atoms with van der Waals surface area (Å²) in [5.74, 6) is 1.42. The summed E-state index contributed by atoms with van der Waals surface area (Å²) in [5, 5.41) is 22.9. The quantitative estimate of drug-likeness (QED) is 0.267. The summed E-state index contributed by atoms with van der Waals surface area (Å²) < 4.78 is 12.6. The zero-order valence-electron chi connectivity index (χ0n) is 20.4. The standard InChI is InChI=1S/C27H26N6O4/c1-18(34)15-29-12-13-36-27(35)32-24-17-33-26(19(24)2)25(20(14-28)16-30-33)31-21-8-10-23(11-9-21)37-22-6-4-3-5-7-22/h3-11,16-17,29,31H,12-13,15H2,1-2H3,(H,32,35). The molecule has 0 bridgehead atoms. The molecule has 10 heteroatoms. The molecule has 1 amide bonds. The lowest BCUT2D eigenvalue weighted by molar-refractivity contribution is -0.116. The van der Waals surface area contributed by atoms with E-state index in [2.05, 4.69) is 27.1 Å². The predicted octanol–water partition coefficient (Wildman–Crippen LogP) is 4.78. The zero-order valence-corrected chi connectivity index (χ0v) is 20.4. The molecule has 37 heavy (non-hydrogen) atoms. The minimum absolute atomic E-state index is 0.00527. The van der Waals surface area contributed by atoms with E-state index in [9.17, 15) is 14.9 Å². The number of ketones is 1. The summed E-state index contributed by atoms with van der Waals surface area (Å²) in [6.45, 7) is 4.00. The zero-order chi connectivity index (χ0) is 26.2. The Balaban J connectivity index is 1.49. The van der Waals surface area contributed by atoms with Crippen LogP contribution < -0.4 is 20.7 Å². The molecule has 4 aromatic rings. The highest BCUT2D eigenvalue weighted by Gasteiger charge is 2.17. The van der Waals surface area contributed by atoms with Crippen molar-refractivity contribution in [2.45, 2.75) is 13.8 Å². The van der Waals surface area contributed by atoms with Gasteiger partial charge in [0.15, 0.2) is 0 Å². The summed E-state index contributed by atoms with van der Waals surface area (Å²) in [6.07, 6.45) is 2.49. The molecule has 0 saturated carbocycles. The number of rotatable bonds is 10. The van der Waals surface area contributed by atoms with Crippen LogP contribution in [0.5, 0.6) is 11.5 Å². The second-order valence-corrected chi connectivity index (χ2v) is 8.21. The van der Waals surface area contributed by atoms with Gasteiger partial charge < -0.3 is 20.1 Å². The van der Waals surface area contributed by atoms with E-state index in [0.717, 1.165) is 11.4 Å². The molecule has 2 aromatic carbocycles. The number of nitrogens with zero attached hydrogens (tertiary/aromatic N) is 3. The van der Waals surface area contributed by atoms with Gasteiger partial charge in [-0.3, -0.25) is 10.1 Å². The van der Waals surface area contributed by atoms with Crippen molar-refractivity contribution < 1.29 is 19.1 Å². The van der Waals surface area contributed by atoms with Crippen LogP contribution in [0.4, 0.5) is 21.9 Å². The first kappa shape index (κ1) is 25.2. The number of nitrogens with one attached hydrogen (secondary N) is 3. The molecule has 2 aromatic heterocycles. The fraction of sp³-hybridized carbons (Fsp3) is 0.185. The van der Waals surface area contributed by atoms with Crippen molar-refractivity contribution in [1.82, 2.24) is 14.9 Å². The molecule has 3 N–H and O–H groups in total. The second kappa shape index (κ2) is 11.7. The average molecular weight is 499 g/mol. The monoisotopic (exact) mass is 498 g/mol. The van der Waals surface area contributed by atoms with Gasteiger partial charge in [-0.2, -0.15) is 10.4 Å². The van der Waals surface area contributed by atoms with Gasteiger partial charge in [0, 0.05) is 17.8 Å². The van der Waals surface area contributed by atoms with Gasteiger partial charge in [-0.05, 0) is 50.2 Å². The summed E-state index contributed by atoms with van der Waals surface area (Å²) in [7, 11) is 0. The van der Waals surface area contributed by atoms with Crippen LogP contribution in [-0.4, -0.2) is 41.2 Å². The largest absolute Gasteiger partial charge is 0.457 e. The maximum atomic E-state index is 12.3. The number of aromatic nitrogens is 2. The molecule has 0 fully saturated rings. The number of hydrogen-bond acceptors (Lipinski definition) is 8. The average Bonchev–Trinajstić information content (AvgIpc) is 3.20. The van der Waals surface area contributed by atoms with Crippen LogP contribution in [0.2, 0.25) is 0 Å². The number of ether oxygens (including phenoxy) is 2. The van der Waals surface area contributed by atoms with Crippen LogP contribution in [0.25, 0.3) is 5.52 Å². The summed E-state index contributed by atoms with van der Waals surface area (Å²) in [5.41, 5.74) is 3.51. The van der Waals surface area contributed by atoms with Gasteiger partial charge in [0.05, 0.1) is 41.4 Å². The normalized spacial score (nSPS) is 10.5. The van der Waals surface area contributed by atoms with Crippen molar-refractivity contribution in [3.8, 4) is 17.6 Å². The van der Waals surface area contributed by atoms with Gasteiger partial charge in [0.1, 0.15) is 30.0 Å². The third-order valence-corrected chi connectivity index (χ3v) is 5.40. The van der Waals surface area contributed by atoms with Crippen LogP contribution in [0.15, 0.2) is 67.0 Å². The lowest BCUT2D eigenvalue weighted by atomic mass is 10.1. The van der Waals surface area contributed by atoms with E-state index in [1.54, 1.807) is 10.7 Å². The van der Waals surface area contributed by atoms with Gasteiger partial charge in [-0.25, -0.2) is 9.31 Å². The van der Waals surface area contributed by atoms with Crippen LogP contribution in [-0.2, 0) is 9.53 Å². The molecule has 0 atom stereocenters. The predicted molar refractivity (Wildman–Crippen MR) is 139 cm³/mol.